The lowest BCUT2D eigenvalue weighted by Gasteiger charge is -2.12. The lowest BCUT2D eigenvalue weighted by molar-refractivity contribution is 0.414. The molecule has 0 amide bonds. The van der Waals surface area contributed by atoms with Crippen LogP contribution in [0.15, 0.2) is 18.2 Å². The summed E-state index contributed by atoms with van der Waals surface area (Å²) >= 11 is 6.15. The van der Waals surface area contributed by atoms with E-state index in [4.69, 9.17) is 16.3 Å². The summed E-state index contributed by atoms with van der Waals surface area (Å²) in [6, 6.07) is 6.41. The molecule has 3 heteroatoms. The average molecular weight is 226 g/mol. The first-order valence-corrected chi connectivity index (χ1v) is 5.73. The van der Waals surface area contributed by atoms with Gasteiger partial charge >= 0.3 is 0 Å². The second kappa shape index (κ2) is 4.86. The SMILES string of the molecule is COc1ccc(Cl)c(CC2CCCN2)c1. The quantitative estimate of drug-likeness (QED) is 0.854. The second-order valence-electron chi connectivity index (χ2n) is 3.95. The van der Waals surface area contributed by atoms with Gasteiger partial charge in [-0.2, -0.15) is 0 Å². The van der Waals surface area contributed by atoms with Gasteiger partial charge in [0.2, 0.25) is 0 Å². The highest BCUT2D eigenvalue weighted by Gasteiger charge is 2.16. The molecular formula is C12H16ClNO. The number of benzene rings is 1. The van der Waals surface area contributed by atoms with Crippen molar-refractivity contribution in [1.82, 2.24) is 5.32 Å². The zero-order valence-electron chi connectivity index (χ0n) is 8.92. The molecule has 1 heterocycles. The van der Waals surface area contributed by atoms with Crippen LogP contribution < -0.4 is 10.1 Å². The summed E-state index contributed by atoms with van der Waals surface area (Å²) in [5, 5.41) is 4.31. The van der Waals surface area contributed by atoms with Crippen molar-refractivity contribution in [1.29, 1.82) is 0 Å². The van der Waals surface area contributed by atoms with Crippen LogP contribution in [-0.4, -0.2) is 19.7 Å². The fourth-order valence-corrected chi connectivity index (χ4v) is 2.23. The summed E-state index contributed by atoms with van der Waals surface area (Å²) in [7, 11) is 1.68. The Bertz CT molecular complexity index is 334. The molecule has 1 aliphatic heterocycles. The van der Waals surface area contributed by atoms with Gasteiger partial charge in [-0.1, -0.05) is 11.6 Å². The zero-order valence-corrected chi connectivity index (χ0v) is 9.68. The minimum absolute atomic E-state index is 0.578. The first-order chi connectivity index (χ1) is 7.29. The van der Waals surface area contributed by atoms with E-state index in [-0.39, 0.29) is 0 Å². The van der Waals surface area contributed by atoms with E-state index >= 15 is 0 Å². The maximum Gasteiger partial charge on any atom is 0.119 e. The van der Waals surface area contributed by atoms with E-state index in [0.29, 0.717) is 6.04 Å². The largest absolute Gasteiger partial charge is 0.497 e. The van der Waals surface area contributed by atoms with E-state index in [1.54, 1.807) is 7.11 Å². The topological polar surface area (TPSA) is 21.3 Å². The first-order valence-electron chi connectivity index (χ1n) is 5.35. The Morgan fingerprint density at radius 1 is 1.53 bits per heavy atom. The van der Waals surface area contributed by atoms with Gasteiger partial charge in [0.15, 0.2) is 0 Å². The molecule has 0 saturated carbocycles. The highest BCUT2D eigenvalue weighted by Crippen LogP contribution is 2.24. The number of ether oxygens (including phenoxy) is 1. The van der Waals surface area contributed by atoms with E-state index < -0.39 is 0 Å². The van der Waals surface area contributed by atoms with Crippen molar-refractivity contribution in [2.75, 3.05) is 13.7 Å². The summed E-state index contributed by atoms with van der Waals surface area (Å²) in [5.74, 6) is 0.882. The van der Waals surface area contributed by atoms with E-state index in [9.17, 15) is 0 Å². The molecule has 0 radical (unpaired) electrons. The third-order valence-electron chi connectivity index (χ3n) is 2.88. The molecule has 0 aromatic heterocycles. The zero-order chi connectivity index (χ0) is 10.7. The molecule has 1 aromatic rings. The number of hydrogen-bond acceptors (Lipinski definition) is 2. The fraction of sp³-hybridized carbons (Fsp3) is 0.500. The van der Waals surface area contributed by atoms with Gasteiger partial charge in [0.1, 0.15) is 5.75 Å². The fourth-order valence-electron chi connectivity index (χ4n) is 2.03. The van der Waals surface area contributed by atoms with Crippen molar-refractivity contribution >= 4 is 11.6 Å². The standard InChI is InChI=1S/C12H16ClNO/c1-15-11-4-5-12(13)9(8-11)7-10-3-2-6-14-10/h4-5,8,10,14H,2-3,6-7H2,1H3. The minimum atomic E-state index is 0.578. The molecule has 0 spiro atoms. The Kier molecular flexibility index (Phi) is 3.49. The van der Waals surface area contributed by atoms with Crippen LogP contribution >= 0.6 is 11.6 Å². The summed E-state index contributed by atoms with van der Waals surface area (Å²) in [5.41, 5.74) is 1.18. The molecule has 1 fully saturated rings. The Hall–Kier alpha value is -0.730. The molecule has 2 nitrogen and oxygen atoms in total. The summed E-state index contributed by atoms with van der Waals surface area (Å²) < 4.78 is 5.20. The lowest BCUT2D eigenvalue weighted by atomic mass is 10.0. The molecule has 1 saturated heterocycles. The normalized spacial score (nSPS) is 20.5. The van der Waals surface area contributed by atoms with Crippen molar-refractivity contribution in [3.63, 3.8) is 0 Å². The molecule has 0 aliphatic carbocycles. The number of halogens is 1. The Balaban J connectivity index is 2.11. The van der Waals surface area contributed by atoms with Crippen LogP contribution in [0.5, 0.6) is 5.75 Å². The van der Waals surface area contributed by atoms with Gasteiger partial charge in [0, 0.05) is 11.1 Å². The number of nitrogens with one attached hydrogen (secondary N) is 1. The highest BCUT2D eigenvalue weighted by atomic mass is 35.5. The van der Waals surface area contributed by atoms with E-state index in [1.807, 2.05) is 18.2 Å². The van der Waals surface area contributed by atoms with Gasteiger partial charge in [-0.3, -0.25) is 0 Å². The first kappa shape index (κ1) is 10.8. The minimum Gasteiger partial charge on any atom is -0.497 e. The summed E-state index contributed by atoms with van der Waals surface area (Å²) in [6.07, 6.45) is 3.51. The van der Waals surface area contributed by atoms with Gasteiger partial charge in [-0.15, -0.1) is 0 Å². The molecule has 1 N–H and O–H groups in total. The van der Waals surface area contributed by atoms with Crippen LogP contribution in [0.1, 0.15) is 18.4 Å². The van der Waals surface area contributed by atoms with Gasteiger partial charge in [0.05, 0.1) is 7.11 Å². The maximum absolute atomic E-state index is 6.15. The van der Waals surface area contributed by atoms with Crippen molar-refractivity contribution in [2.45, 2.75) is 25.3 Å². The molecule has 0 bridgehead atoms. The Morgan fingerprint density at radius 3 is 3.07 bits per heavy atom. The van der Waals surface area contributed by atoms with Crippen molar-refractivity contribution in [3.05, 3.63) is 28.8 Å². The van der Waals surface area contributed by atoms with Crippen LogP contribution in [0.4, 0.5) is 0 Å². The monoisotopic (exact) mass is 225 g/mol. The van der Waals surface area contributed by atoms with E-state index in [1.165, 1.54) is 18.4 Å². The summed E-state index contributed by atoms with van der Waals surface area (Å²) in [4.78, 5) is 0. The van der Waals surface area contributed by atoms with Crippen LogP contribution in [0, 0.1) is 0 Å². The van der Waals surface area contributed by atoms with Gasteiger partial charge in [-0.25, -0.2) is 0 Å². The average Bonchev–Trinajstić information content (AvgIpc) is 2.74. The van der Waals surface area contributed by atoms with Crippen LogP contribution in [0.25, 0.3) is 0 Å². The molecule has 1 atom stereocenters. The molecular weight excluding hydrogens is 210 g/mol. The second-order valence-corrected chi connectivity index (χ2v) is 4.36. The number of methoxy groups -OCH3 is 1. The molecule has 1 aromatic carbocycles. The molecule has 1 aliphatic rings. The van der Waals surface area contributed by atoms with Gasteiger partial charge in [-0.05, 0) is 49.6 Å². The Labute approximate surface area is 95.6 Å². The molecule has 2 rings (SSSR count). The number of hydrogen-bond donors (Lipinski definition) is 1. The third-order valence-corrected chi connectivity index (χ3v) is 3.25. The lowest BCUT2D eigenvalue weighted by Crippen LogP contribution is -2.23. The predicted octanol–water partition coefficient (Wildman–Crippen LogP) is 2.64. The third kappa shape index (κ3) is 2.64. The molecule has 82 valence electrons. The van der Waals surface area contributed by atoms with Crippen LogP contribution in [-0.2, 0) is 6.42 Å². The summed E-state index contributed by atoms with van der Waals surface area (Å²) in [6.45, 7) is 1.13. The number of rotatable bonds is 3. The van der Waals surface area contributed by atoms with Crippen molar-refractivity contribution in [3.8, 4) is 5.75 Å². The maximum atomic E-state index is 6.15. The predicted molar refractivity (Wildman–Crippen MR) is 62.7 cm³/mol. The van der Waals surface area contributed by atoms with Crippen molar-refractivity contribution < 1.29 is 4.74 Å². The smallest absolute Gasteiger partial charge is 0.119 e. The van der Waals surface area contributed by atoms with E-state index in [0.717, 1.165) is 23.7 Å². The molecule has 1 unspecified atom stereocenters. The van der Waals surface area contributed by atoms with Crippen molar-refractivity contribution in [2.24, 2.45) is 0 Å². The van der Waals surface area contributed by atoms with Gasteiger partial charge < -0.3 is 10.1 Å². The van der Waals surface area contributed by atoms with Gasteiger partial charge in [0.25, 0.3) is 0 Å². The van der Waals surface area contributed by atoms with Crippen LogP contribution in [0.2, 0.25) is 5.02 Å². The molecule has 15 heavy (non-hydrogen) atoms. The van der Waals surface area contributed by atoms with Crippen LogP contribution in [0.3, 0.4) is 0 Å². The highest BCUT2D eigenvalue weighted by molar-refractivity contribution is 6.31. The Morgan fingerprint density at radius 2 is 2.40 bits per heavy atom. The van der Waals surface area contributed by atoms with E-state index in [2.05, 4.69) is 5.32 Å².